The van der Waals surface area contributed by atoms with Gasteiger partial charge in [-0.25, -0.2) is 4.39 Å². The van der Waals surface area contributed by atoms with E-state index in [1.165, 1.54) is 25.5 Å². The Morgan fingerprint density at radius 3 is 2.41 bits per heavy atom. The number of methoxy groups -OCH3 is 1. The Labute approximate surface area is 235 Å². The second-order valence-electron chi connectivity index (χ2n) is 10.1. The highest BCUT2D eigenvalue weighted by Crippen LogP contribution is 2.39. The fraction of sp³-hybridized carbons (Fsp3) is 0.219. The molecule has 0 aliphatic heterocycles. The fourth-order valence-corrected chi connectivity index (χ4v) is 5.13. The van der Waals surface area contributed by atoms with E-state index in [4.69, 9.17) is 13.6 Å². The third-order valence-corrected chi connectivity index (χ3v) is 7.32. The van der Waals surface area contributed by atoms with Crippen molar-refractivity contribution in [1.82, 2.24) is 10.3 Å². The molecule has 41 heavy (non-hydrogen) atoms. The summed E-state index contributed by atoms with van der Waals surface area (Å²) in [5, 5.41) is 3.28. The summed E-state index contributed by atoms with van der Waals surface area (Å²) in [6, 6.07) is 15.1. The number of rotatable bonds is 7. The molecule has 208 valence electrons. The lowest BCUT2D eigenvalue weighted by atomic mass is 9.95. The third kappa shape index (κ3) is 4.73. The van der Waals surface area contributed by atoms with E-state index in [0.717, 1.165) is 29.5 Å². The summed E-state index contributed by atoms with van der Waals surface area (Å²) in [6.07, 6.45) is 3.27. The van der Waals surface area contributed by atoms with Crippen LogP contribution >= 0.6 is 0 Å². The SMILES string of the molecule is CNC(=O)c1c(-c2ccc(F)cc2)oc2ccc(-c3cc(C(=O)N(c4coc(C)n4)C4CC4)c(OC)cc3C)cc12. The monoisotopic (exact) mass is 553 g/mol. The molecule has 3 aromatic carbocycles. The van der Waals surface area contributed by atoms with E-state index in [9.17, 15) is 14.0 Å². The maximum atomic E-state index is 14.0. The van der Waals surface area contributed by atoms with Crippen molar-refractivity contribution in [3.8, 4) is 28.2 Å². The molecule has 1 saturated carbocycles. The quantitative estimate of drug-likeness (QED) is 0.241. The van der Waals surface area contributed by atoms with Gasteiger partial charge in [-0.1, -0.05) is 6.07 Å². The van der Waals surface area contributed by atoms with Crippen molar-refractivity contribution in [2.24, 2.45) is 0 Å². The van der Waals surface area contributed by atoms with Crippen LogP contribution in [0.15, 0.2) is 69.7 Å². The molecule has 8 nitrogen and oxygen atoms in total. The molecule has 1 fully saturated rings. The number of carbonyl (C=O) groups is 2. The van der Waals surface area contributed by atoms with E-state index < -0.39 is 0 Å². The van der Waals surface area contributed by atoms with Gasteiger partial charge in [-0.05, 0) is 85.0 Å². The summed E-state index contributed by atoms with van der Waals surface area (Å²) in [4.78, 5) is 33.1. The molecule has 5 aromatic rings. The van der Waals surface area contributed by atoms with Gasteiger partial charge in [0.1, 0.15) is 29.2 Å². The summed E-state index contributed by atoms with van der Waals surface area (Å²) in [7, 11) is 3.09. The maximum Gasteiger partial charge on any atom is 0.263 e. The molecule has 1 N–H and O–H groups in total. The summed E-state index contributed by atoms with van der Waals surface area (Å²) in [5.41, 5.74) is 4.31. The van der Waals surface area contributed by atoms with Crippen LogP contribution in [0.5, 0.6) is 5.75 Å². The molecule has 0 unspecified atom stereocenters. The number of aryl methyl sites for hydroxylation is 2. The van der Waals surface area contributed by atoms with Crippen molar-refractivity contribution >= 4 is 28.6 Å². The standard InChI is InChI=1S/C32H28FN3O5/c1-17-13-27(39-4)25(32(38)36(22-10-11-22)28-16-40-18(2)35-28)15-23(17)20-7-12-26-24(14-20)29(31(37)34-3)30(41-26)19-5-8-21(33)9-6-19/h5-9,12-16,22H,10-11H2,1-4H3,(H,34,37). The Morgan fingerprint density at radius 1 is 1.05 bits per heavy atom. The molecule has 2 heterocycles. The van der Waals surface area contributed by atoms with Crippen LogP contribution in [0.1, 0.15) is 45.0 Å². The van der Waals surface area contributed by atoms with Crippen LogP contribution in [0, 0.1) is 19.7 Å². The van der Waals surface area contributed by atoms with Gasteiger partial charge in [0.05, 0.1) is 18.2 Å². The minimum absolute atomic E-state index is 0.0451. The van der Waals surface area contributed by atoms with Gasteiger partial charge in [0, 0.05) is 31.0 Å². The van der Waals surface area contributed by atoms with E-state index in [2.05, 4.69) is 10.3 Å². The van der Waals surface area contributed by atoms with E-state index in [-0.39, 0.29) is 23.7 Å². The Bertz CT molecular complexity index is 1800. The summed E-state index contributed by atoms with van der Waals surface area (Å²) in [6.45, 7) is 3.68. The van der Waals surface area contributed by atoms with Crippen LogP contribution in [0.4, 0.5) is 10.2 Å². The molecule has 0 saturated heterocycles. The zero-order chi connectivity index (χ0) is 28.8. The van der Waals surface area contributed by atoms with Crippen molar-refractivity contribution in [2.45, 2.75) is 32.7 Å². The Balaban J connectivity index is 1.48. The molecule has 2 aromatic heterocycles. The lowest BCUT2D eigenvalue weighted by molar-refractivity contribution is 0.0961. The molecule has 1 aliphatic carbocycles. The number of hydrogen-bond donors (Lipinski definition) is 1. The zero-order valence-electron chi connectivity index (χ0n) is 23.1. The van der Waals surface area contributed by atoms with Crippen LogP contribution in [-0.2, 0) is 0 Å². The molecule has 1 aliphatic rings. The minimum Gasteiger partial charge on any atom is -0.496 e. The van der Waals surface area contributed by atoms with Gasteiger partial charge in [-0.2, -0.15) is 4.98 Å². The molecule has 6 rings (SSSR count). The smallest absolute Gasteiger partial charge is 0.263 e. The number of benzene rings is 3. The van der Waals surface area contributed by atoms with Crippen molar-refractivity contribution in [3.63, 3.8) is 0 Å². The number of nitrogens with one attached hydrogen (secondary N) is 1. The first kappa shape index (κ1) is 26.3. The number of fused-ring (bicyclic) bond motifs is 1. The number of aromatic nitrogens is 1. The lowest BCUT2D eigenvalue weighted by Crippen LogP contribution is -2.33. The Morgan fingerprint density at radius 2 is 1.78 bits per heavy atom. The molecule has 9 heteroatoms. The van der Waals surface area contributed by atoms with Gasteiger partial charge in [0.2, 0.25) is 0 Å². The highest BCUT2D eigenvalue weighted by molar-refractivity contribution is 6.12. The highest BCUT2D eigenvalue weighted by atomic mass is 19.1. The van der Waals surface area contributed by atoms with Gasteiger partial charge in [-0.15, -0.1) is 0 Å². The van der Waals surface area contributed by atoms with Crippen LogP contribution in [-0.4, -0.2) is 37.0 Å². The van der Waals surface area contributed by atoms with Crippen LogP contribution < -0.4 is 15.0 Å². The number of nitrogens with zero attached hydrogens (tertiary/aromatic N) is 2. The van der Waals surface area contributed by atoms with Crippen molar-refractivity contribution < 1.29 is 27.6 Å². The van der Waals surface area contributed by atoms with E-state index >= 15 is 0 Å². The molecular formula is C32H28FN3O5. The van der Waals surface area contributed by atoms with Crippen LogP contribution in [0.3, 0.4) is 0 Å². The molecule has 0 spiro atoms. The zero-order valence-corrected chi connectivity index (χ0v) is 23.1. The van der Waals surface area contributed by atoms with Crippen molar-refractivity contribution in [3.05, 3.63) is 89.3 Å². The fourth-order valence-electron chi connectivity index (χ4n) is 5.13. The first-order valence-corrected chi connectivity index (χ1v) is 13.3. The Kier molecular flexibility index (Phi) is 6.57. The van der Waals surface area contributed by atoms with Crippen molar-refractivity contribution in [2.75, 3.05) is 19.1 Å². The van der Waals surface area contributed by atoms with Gasteiger partial charge in [-0.3, -0.25) is 14.5 Å². The largest absolute Gasteiger partial charge is 0.496 e. The van der Waals surface area contributed by atoms with E-state index in [0.29, 0.717) is 50.9 Å². The number of furan rings is 1. The normalized spacial score (nSPS) is 12.9. The average Bonchev–Trinajstić information content (AvgIpc) is 3.60. The predicted molar refractivity (Wildman–Crippen MR) is 153 cm³/mol. The highest BCUT2D eigenvalue weighted by Gasteiger charge is 2.37. The molecule has 0 bridgehead atoms. The van der Waals surface area contributed by atoms with Gasteiger partial charge in [0.15, 0.2) is 11.7 Å². The number of carbonyl (C=O) groups excluding carboxylic acids is 2. The van der Waals surface area contributed by atoms with Crippen molar-refractivity contribution in [1.29, 1.82) is 0 Å². The first-order valence-electron chi connectivity index (χ1n) is 13.3. The van der Waals surface area contributed by atoms with Crippen LogP contribution in [0.2, 0.25) is 0 Å². The number of amides is 2. The summed E-state index contributed by atoms with van der Waals surface area (Å²) < 4.78 is 30.7. The number of oxazole rings is 1. The van der Waals surface area contributed by atoms with E-state index in [1.807, 2.05) is 31.2 Å². The molecule has 2 amide bonds. The first-order chi connectivity index (χ1) is 19.8. The summed E-state index contributed by atoms with van der Waals surface area (Å²) >= 11 is 0. The maximum absolute atomic E-state index is 14.0. The second kappa shape index (κ2) is 10.2. The average molecular weight is 554 g/mol. The van der Waals surface area contributed by atoms with E-state index in [1.54, 1.807) is 37.1 Å². The minimum atomic E-state index is -0.382. The third-order valence-electron chi connectivity index (χ3n) is 7.32. The number of halogens is 1. The topological polar surface area (TPSA) is 97.8 Å². The molecule has 0 radical (unpaired) electrons. The number of anilines is 1. The number of ether oxygens (including phenoxy) is 1. The van der Waals surface area contributed by atoms with Gasteiger partial charge in [0.25, 0.3) is 11.8 Å². The molecular weight excluding hydrogens is 525 g/mol. The second-order valence-corrected chi connectivity index (χ2v) is 10.1. The van der Waals surface area contributed by atoms with Gasteiger partial charge >= 0.3 is 0 Å². The molecule has 0 atom stereocenters. The Hall–Kier alpha value is -4.92. The van der Waals surface area contributed by atoms with Crippen LogP contribution in [0.25, 0.3) is 33.4 Å². The van der Waals surface area contributed by atoms with Gasteiger partial charge < -0.3 is 18.9 Å². The predicted octanol–water partition coefficient (Wildman–Crippen LogP) is 6.69. The lowest BCUT2D eigenvalue weighted by Gasteiger charge is -2.22. The summed E-state index contributed by atoms with van der Waals surface area (Å²) in [5.74, 6) is 0.821. The number of hydrogen-bond acceptors (Lipinski definition) is 6.